The van der Waals surface area contributed by atoms with E-state index in [1.165, 1.54) is 5.56 Å². The van der Waals surface area contributed by atoms with Crippen LogP contribution in [0, 0.1) is 11.8 Å². The molecule has 0 unspecified atom stereocenters. The van der Waals surface area contributed by atoms with Crippen LogP contribution in [-0.4, -0.2) is 28.6 Å². The number of carboxylic acid groups (broad SMARTS) is 1. The highest BCUT2D eigenvalue weighted by molar-refractivity contribution is 5.74. The van der Waals surface area contributed by atoms with Gasteiger partial charge in [-0.2, -0.15) is 0 Å². The van der Waals surface area contributed by atoms with Crippen molar-refractivity contribution in [2.45, 2.75) is 32.4 Å². The van der Waals surface area contributed by atoms with Crippen molar-refractivity contribution in [3.05, 3.63) is 35.4 Å². The van der Waals surface area contributed by atoms with Crippen molar-refractivity contribution in [3.63, 3.8) is 0 Å². The zero-order valence-corrected chi connectivity index (χ0v) is 10.5. The van der Waals surface area contributed by atoms with Crippen molar-refractivity contribution < 1.29 is 9.90 Å². The van der Waals surface area contributed by atoms with Crippen LogP contribution >= 0.6 is 0 Å². The summed E-state index contributed by atoms with van der Waals surface area (Å²) in [6.45, 7) is 3.23. The molecular formula is C15H17NO2. The highest BCUT2D eigenvalue weighted by Crippen LogP contribution is 2.23. The maximum absolute atomic E-state index is 11.3. The molecule has 1 aliphatic rings. The van der Waals surface area contributed by atoms with Crippen LogP contribution < -0.4 is 0 Å². The number of carbonyl (C=O) groups is 1. The fourth-order valence-electron chi connectivity index (χ4n) is 2.38. The molecule has 1 aromatic rings. The second kappa shape index (κ2) is 5.70. The van der Waals surface area contributed by atoms with Gasteiger partial charge in [0.05, 0.1) is 0 Å². The third-order valence-corrected chi connectivity index (χ3v) is 3.33. The Balaban J connectivity index is 2.17. The van der Waals surface area contributed by atoms with Crippen molar-refractivity contribution in [1.29, 1.82) is 0 Å². The Hall–Kier alpha value is -1.79. The van der Waals surface area contributed by atoms with Crippen molar-refractivity contribution in [2.75, 3.05) is 6.54 Å². The van der Waals surface area contributed by atoms with Crippen molar-refractivity contribution in [1.82, 2.24) is 4.90 Å². The molecule has 1 heterocycles. The molecule has 0 saturated carbocycles. The number of rotatable bonds is 3. The molecule has 1 atom stereocenters. The largest absolute Gasteiger partial charge is 0.480 e. The van der Waals surface area contributed by atoms with Gasteiger partial charge in [-0.15, -0.1) is 11.8 Å². The highest BCUT2D eigenvalue weighted by atomic mass is 16.4. The van der Waals surface area contributed by atoms with Crippen molar-refractivity contribution in [3.8, 4) is 11.8 Å². The summed E-state index contributed by atoms with van der Waals surface area (Å²) in [5.41, 5.74) is 2.39. The zero-order valence-electron chi connectivity index (χ0n) is 10.5. The van der Waals surface area contributed by atoms with E-state index in [-0.39, 0.29) is 0 Å². The van der Waals surface area contributed by atoms with Crippen LogP contribution in [0.1, 0.15) is 24.5 Å². The first-order valence-electron chi connectivity index (χ1n) is 6.15. The number of carboxylic acids is 1. The molecule has 94 valence electrons. The van der Waals surface area contributed by atoms with Crippen molar-refractivity contribution >= 4 is 5.97 Å². The zero-order chi connectivity index (χ0) is 13.0. The van der Waals surface area contributed by atoms with Gasteiger partial charge in [-0.05, 0) is 24.5 Å². The molecule has 2 rings (SSSR count). The van der Waals surface area contributed by atoms with Crippen LogP contribution in [0.5, 0.6) is 0 Å². The molecular weight excluding hydrogens is 226 g/mol. The molecule has 3 heteroatoms. The van der Waals surface area contributed by atoms with E-state index in [1.54, 1.807) is 6.92 Å². The van der Waals surface area contributed by atoms with Gasteiger partial charge in [-0.1, -0.05) is 24.3 Å². The normalized spacial score (nSPS) is 18.6. The lowest BCUT2D eigenvalue weighted by molar-refractivity contribution is -0.143. The third kappa shape index (κ3) is 2.72. The molecule has 1 N–H and O–H groups in total. The van der Waals surface area contributed by atoms with Crippen LogP contribution in [0.4, 0.5) is 0 Å². The summed E-state index contributed by atoms with van der Waals surface area (Å²) < 4.78 is 0. The molecule has 0 radical (unpaired) electrons. The lowest BCUT2D eigenvalue weighted by atomic mass is 9.94. The summed E-state index contributed by atoms with van der Waals surface area (Å²) in [6, 6.07) is 7.65. The smallest absolute Gasteiger partial charge is 0.321 e. The topological polar surface area (TPSA) is 40.5 Å². The Kier molecular flexibility index (Phi) is 4.01. The van der Waals surface area contributed by atoms with Gasteiger partial charge in [0.15, 0.2) is 0 Å². The van der Waals surface area contributed by atoms with Crippen molar-refractivity contribution in [2.24, 2.45) is 0 Å². The maximum Gasteiger partial charge on any atom is 0.321 e. The molecule has 0 spiro atoms. The minimum atomic E-state index is -0.742. The van der Waals surface area contributed by atoms with Crippen LogP contribution in [0.15, 0.2) is 24.3 Å². The van der Waals surface area contributed by atoms with E-state index < -0.39 is 12.0 Å². The van der Waals surface area contributed by atoms with Gasteiger partial charge in [0.1, 0.15) is 6.04 Å². The Morgan fingerprint density at radius 1 is 1.44 bits per heavy atom. The molecule has 3 nitrogen and oxygen atoms in total. The number of nitrogens with zero attached hydrogens (tertiary/aromatic N) is 1. The first-order valence-corrected chi connectivity index (χ1v) is 6.15. The molecule has 1 aromatic carbocycles. The molecule has 0 amide bonds. The van der Waals surface area contributed by atoms with Crippen LogP contribution in [0.2, 0.25) is 0 Å². The van der Waals surface area contributed by atoms with E-state index in [0.29, 0.717) is 19.5 Å². The number of benzene rings is 1. The highest BCUT2D eigenvalue weighted by Gasteiger charge is 2.30. The predicted octanol–water partition coefficient (Wildman–Crippen LogP) is 1.91. The van der Waals surface area contributed by atoms with E-state index in [2.05, 4.69) is 17.9 Å². The third-order valence-electron chi connectivity index (χ3n) is 3.33. The SMILES string of the molecule is CC#CCCN1Cc2ccccc2C[C@H]1C(=O)O. The van der Waals surface area contributed by atoms with Gasteiger partial charge in [-0.25, -0.2) is 0 Å². The molecule has 0 aliphatic carbocycles. The Bertz CT molecular complexity index is 499. The number of hydrogen-bond donors (Lipinski definition) is 1. The van der Waals surface area contributed by atoms with E-state index in [1.807, 2.05) is 23.1 Å². The molecule has 18 heavy (non-hydrogen) atoms. The quantitative estimate of drug-likeness (QED) is 0.824. The monoisotopic (exact) mass is 243 g/mol. The van der Waals surface area contributed by atoms with Gasteiger partial charge in [0.2, 0.25) is 0 Å². The molecule has 0 saturated heterocycles. The minimum absolute atomic E-state index is 0.418. The summed E-state index contributed by atoms with van der Waals surface area (Å²) in [4.78, 5) is 13.3. The summed E-state index contributed by atoms with van der Waals surface area (Å²) in [5, 5.41) is 9.31. The first kappa shape index (κ1) is 12.7. The summed E-state index contributed by atoms with van der Waals surface area (Å²) in [7, 11) is 0. The average Bonchev–Trinajstić information content (AvgIpc) is 2.38. The minimum Gasteiger partial charge on any atom is -0.480 e. The second-order valence-corrected chi connectivity index (χ2v) is 4.47. The Morgan fingerprint density at radius 3 is 2.83 bits per heavy atom. The number of fused-ring (bicyclic) bond motifs is 1. The lowest BCUT2D eigenvalue weighted by Crippen LogP contribution is -2.45. The van der Waals surface area contributed by atoms with Gasteiger partial charge in [0.25, 0.3) is 0 Å². The maximum atomic E-state index is 11.3. The fourth-order valence-corrected chi connectivity index (χ4v) is 2.38. The Morgan fingerprint density at radius 2 is 2.17 bits per heavy atom. The number of aliphatic carboxylic acids is 1. The predicted molar refractivity (Wildman–Crippen MR) is 70.0 cm³/mol. The first-order chi connectivity index (χ1) is 8.72. The molecule has 0 aromatic heterocycles. The summed E-state index contributed by atoms with van der Waals surface area (Å²) in [6.07, 6.45) is 1.31. The van der Waals surface area contributed by atoms with Gasteiger partial charge in [-0.3, -0.25) is 9.69 Å². The molecule has 0 bridgehead atoms. The van der Waals surface area contributed by atoms with Gasteiger partial charge >= 0.3 is 5.97 Å². The summed E-state index contributed by atoms with van der Waals surface area (Å²) >= 11 is 0. The van der Waals surface area contributed by atoms with E-state index in [0.717, 1.165) is 12.0 Å². The average molecular weight is 243 g/mol. The Labute approximate surface area is 107 Å². The molecule has 0 fully saturated rings. The standard InChI is InChI=1S/C15H17NO2/c1-2-3-6-9-16-11-13-8-5-4-7-12(13)10-14(16)15(17)18/h4-5,7-8,14H,6,9-11H2,1H3,(H,17,18)/t14-/m0/s1. The summed E-state index contributed by atoms with van der Waals surface area (Å²) in [5.74, 6) is 5.10. The molecule has 1 aliphatic heterocycles. The van der Waals surface area contributed by atoms with E-state index in [4.69, 9.17) is 0 Å². The second-order valence-electron chi connectivity index (χ2n) is 4.47. The van der Waals surface area contributed by atoms with Crippen LogP contribution in [0.25, 0.3) is 0 Å². The van der Waals surface area contributed by atoms with E-state index in [9.17, 15) is 9.90 Å². The lowest BCUT2D eigenvalue weighted by Gasteiger charge is -2.33. The number of hydrogen-bond acceptors (Lipinski definition) is 2. The fraction of sp³-hybridized carbons (Fsp3) is 0.400. The van der Waals surface area contributed by atoms with Gasteiger partial charge < -0.3 is 5.11 Å². The van der Waals surface area contributed by atoms with Crippen LogP contribution in [-0.2, 0) is 17.8 Å². The van der Waals surface area contributed by atoms with E-state index >= 15 is 0 Å². The van der Waals surface area contributed by atoms with Crippen LogP contribution in [0.3, 0.4) is 0 Å². The van der Waals surface area contributed by atoms with Gasteiger partial charge in [0, 0.05) is 19.5 Å².